The fourth-order valence-electron chi connectivity index (χ4n) is 11.1. The summed E-state index contributed by atoms with van der Waals surface area (Å²) < 4.78 is 0. The Balaban J connectivity index is 0.000000215. The van der Waals surface area contributed by atoms with Crippen molar-refractivity contribution in [2.75, 3.05) is 28.2 Å². The predicted molar refractivity (Wildman–Crippen MR) is 228 cm³/mol. The minimum Gasteiger partial charge on any atom is -0.510 e. The number of halogens is 1. The number of aliphatic hydroxyl groups excluding tert-OH is 5. The maximum Gasteiger partial charge on any atom is 0.255 e. The van der Waals surface area contributed by atoms with E-state index >= 15 is 0 Å². The molecule has 6 aliphatic rings. The number of ketones is 4. The van der Waals surface area contributed by atoms with Crippen molar-refractivity contribution in [2.24, 2.45) is 35.1 Å². The van der Waals surface area contributed by atoms with E-state index in [2.05, 4.69) is 0 Å². The monoisotopic (exact) mass is 940 g/mol. The molecule has 354 valence electrons. The van der Waals surface area contributed by atoms with Crippen LogP contribution in [0.2, 0.25) is 0 Å². The first-order valence-corrected chi connectivity index (χ1v) is 20.0. The normalized spacial score (nSPS) is 34.7. The molecule has 0 bridgehead atoms. The van der Waals surface area contributed by atoms with E-state index in [0.29, 0.717) is 0 Å². The Morgan fingerprint density at radius 2 is 1.05 bits per heavy atom. The van der Waals surface area contributed by atoms with Crippen LogP contribution in [0, 0.1) is 23.7 Å². The zero-order valence-electron chi connectivity index (χ0n) is 36.0. The van der Waals surface area contributed by atoms with E-state index in [1.54, 1.807) is 0 Å². The number of hydrogen-bond acceptors (Lipinski definition) is 19. The van der Waals surface area contributed by atoms with Gasteiger partial charge < -0.3 is 67.6 Å². The van der Waals surface area contributed by atoms with E-state index in [1.165, 1.54) is 88.2 Å². The van der Waals surface area contributed by atoms with Gasteiger partial charge in [0.05, 0.1) is 57.9 Å². The van der Waals surface area contributed by atoms with Gasteiger partial charge in [-0.15, -0.1) is 12.4 Å². The van der Waals surface area contributed by atoms with Gasteiger partial charge in [0, 0.05) is 17.4 Å². The zero-order valence-corrected chi connectivity index (χ0v) is 36.9. The number of benzene rings is 2. The molecule has 0 aliphatic heterocycles. The number of hydrogen-bond donors (Lipinski definition) is 13. The van der Waals surface area contributed by atoms with Gasteiger partial charge in [-0.25, -0.2) is 0 Å². The number of aliphatic hydroxyl groups is 9. The van der Waals surface area contributed by atoms with Crippen LogP contribution in [0.1, 0.15) is 52.1 Å². The average Bonchev–Trinajstić information content (AvgIpc) is 3.19. The van der Waals surface area contributed by atoms with Gasteiger partial charge in [0.1, 0.15) is 45.7 Å². The van der Waals surface area contributed by atoms with Gasteiger partial charge in [0.25, 0.3) is 11.8 Å². The largest absolute Gasteiger partial charge is 0.510 e. The number of phenols is 2. The summed E-state index contributed by atoms with van der Waals surface area (Å²) in [6.45, 7) is 2.66. The lowest BCUT2D eigenvalue weighted by molar-refractivity contribution is -0.173. The summed E-state index contributed by atoms with van der Waals surface area (Å²) in [6.07, 6.45) is -2.07. The van der Waals surface area contributed by atoms with Crippen molar-refractivity contribution in [2.45, 2.75) is 60.9 Å². The Labute approximate surface area is 380 Å². The van der Waals surface area contributed by atoms with Crippen LogP contribution in [0.3, 0.4) is 0 Å². The number of primary amides is 2. The van der Waals surface area contributed by atoms with Crippen LogP contribution in [0.4, 0.5) is 0 Å². The lowest BCUT2D eigenvalue weighted by Crippen LogP contribution is -2.70. The highest BCUT2D eigenvalue weighted by molar-refractivity contribution is 6.26. The van der Waals surface area contributed by atoms with Crippen LogP contribution in [0.25, 0.3) is 0 Å². The van der Waals surface area contributed by atoms with Gasteiger partial charge in [0.2, 0.25) is 11.6 Å². The van der Waals surface area contributed by atoms with Crippen LogP contribution in [-0.2, 0) is 30.4 Å². The standard InChI is InChI=1S/C22H24N2O9.C22H24N2O8.ClH/c1-21(32)7-5-4-6-8(25)9(7)15(26)10-12(21)17(28)13-14(24(2)3)16(27)11(20(23)31)19(30)22(13,33)18(10)29;1-21(31)8-5-4-6-11(25)12(8)16(26)13-9(21)7-10-15(24(2)3)17(27)14(20(23)30)19(29)22(10,32)18(13)28;/h4-6,12-14,17,25,27-29,32-33H,1-3H3,(H2,23,31);4-6,9-10,15,25,27-28,31-32H,7H2,1-3H3,(H2,23,30);1H/t12-,13-,14+,17+,21-,22+;9-,10-,15-,21+,22-;/m10./s1. The molecule has 22 heteroatoms. The first-order valence-electron chi connectivity index (χ1n) is 20.0. The molecule has 21 nitrogen and oxygen atoms in total. The Morgan fingerprint density at radius 1 is 0.636 bits per heavy atom. The summed E-state index contributed by atoms with van der Waals surface area (Å²) in [4.78, 5) is 79.7. The Bertz CT molecular complexity index is 2700. The number of carbonyl (C=O) groups excluding carboxylic acids is 6. The number of phenolic OH excluding ortho intramolecular Hbond substituents is 2. The number of amides is 2. The molecule has 11 atom stereocenters. The van der Waals surface area contributed by atoms with Gasteiger partial charge >= 0.3 is 0 Å². The van der Waals surface area contributed by atoms with E-state index in [0.717, 1.165) is 0 Å². The second kappa shape index (κ2) is 15.7. The summed E-state index contributed by atoms with van der Waals surface area (Å²) in [7, 11) is 5.92. The van der Waals surface area contributed by atoms with Gasteiger partial charge in [-0.2, -0.15) is 0 Å². The topological polar surface area (TPSA) is 383 Å². The maximum atomic E-state index is 13.3. The second-order valence-electron chi connectivity index (χ2n) is 18.0. The van der Waals surface area contributed by atoms with Crippen molar-refractivity contribution in [1.29, 1.82) is 0 Å². The number of aromatic hydroxyl groups is 2. The minimum atomic E-state index is -3.02. The molecule has 0 unspecified atom stereocenters. The van der Waals surface area contributed by atoms with Crippen LogP contribution < -0.4 is 11.5 Å². The van der Waals surface area contributed by atoms with Crippen LogP contribution in [0.15, 0.2) is 81.7 Å². The smallest absolute Gasteiger partial charge is 0.255 e. The second-order valence-corrected chi connectivity index (χ2v) is 18.0. The lowest BCUT2D eigenvalue weighted by atomic mass is 9.54. The molecule has 66 heavy (non-hydrogen) atoms. The maximum absolute atomic E-state index is 13.3. The average molecular weight is 941 g/mol. The first-order chi connectivity index (χ1) is 30.0. The summed E-state index contributed by atoms with van der Waals surface area (Å²) in [5, 5.41) is 122. The van der Waals surface area contributed by atoms with E-state index in [1.807, 2.05) is 0 Å². The summed E-state index contributed by atoms with van der Waals surface area (Å²) in [5.41, 5.74) is -2.53. The van der Waals surface area contributed by atoms with Gasteiger partial charge in [-0.3, -0.25) is 38.6 Å². The minimum absolute atomic E-state index is 0. The molecule has 0 fully saturated rings. The van der Waals surface area contributed by atoms with E-state index in [-0.39, 0.29) is 41.1 Å². The molecule has 8 rings (SSSR count). The third-order valence-corrected chi connectivity index (χ3v) is 14.1. The van der Waals surface area contributed by atoms with Crippen LogP contribution in [0.5, 0.6) is 11.5 Å². The summed E-state index contributed by atoms with van der Waals surface area (Å²) in [6, 6.07) is 5.59. The number of nitrogens with two attached hydrogens (primary N) is 2. The van der Waals surface area contributed by atoms with Gasteiger partial charge in [-0.1, -0.05) is 24.3 Å². The van der Waals surface area contributed by atoms with Crippen molar-refractivity contribution >= 4 is 47.4 Å². The number of fused-ring (bicyclic) bond motifs is 6. The van der Waals surface area contributed by atoms with Crippen molar-refractivity contribution in [3.8, 4) is 11.5 Å². The number of rotatable bonds is 4. The Morgan fingerprint density at radius 3 is 1.50 bits per heavy atom. The highest BCUT2D eigenvalue weighted by atomic mass is 35.5. The molecule has 15 N–H and O–H groups in total. The molecule has 0 aromatic heterocycles. The molecule has 0 heterocycles. The third kappa shape index (κ3) is 6.18. The molecular weight excluding hydrogens is 892 g/mol. The molecule has 0 radical (unpaired) electrons. The highest BCUT2D eigenvalue weighted by Gasteiger charge is 2.70. The zero-order chi connectivity index (χ0) is 48.7. The SMILES string of the molecule is CN(C)[C@@H]1C(O)=C(C(N)=O)C(=O)[C@@]2(O)C(O)=C3C(=O)c4c(O)cccc4[C@@](C)(O)[C@H]3C[C@@H]12.CN(C)[C@@H]1C(O)=C(C(N)=O)C(=O)[C@@]2(O)C(O)=C3C(=O)c4c(O)cccc4[C@@](C)(O)[C@H]3[C@H](O)[C@@H]12.Cl. The van der Waals surface area contributed by atoms with Crippen molar-refractivity contribution in [3.63, 3.8) is 0 Å². The Hall–Kier alpha value is -6.17. The van der Waals surface area contributed by atoms with E-state index in [4.69, 9.17) is 11.5 Å². The number of carbonyl (C=O) groups is 6. The molecule has 0 saturated carbocycles. The summed E-state index contributed by atoms with van der Waals surface area (Å²) >= 11 is 0. The van der Waals surface area contributed by atoms with E-state index < -0.39 is 156 Å². The molecule has 0 saturated heterocycles. The molecule has 2 amide bonds. The van der Waals surface area contributed by atoms with Crippen molar-refractivity contribution in [3.05, 3.63) is 104 Å². The van der Waals surface area contributed by atoms with Crippen molar-refractivity contribution < 1.29 is 84.9 Å². The van der Waals surface area contributed by atoms with Crippen molar-refractivity contribution in [1.82, 2.24) is 9.80 Å². The number of likely N-dealkylation sites (N-methyl/N-ethyl adjacent to an activating group) is 2. The molecule has 2 aromatic rings. The predicted octanol–water partition coefficient (Wildman–Crippen LogP) is -1.04. The molecular formula is C44H49ClN4O17. The Kier molecular flexibility index (Phi) is 11.7. The van der Waals surface area contributed by atoms with Crippen LogP contribution in [-0.4, -0.2) is 158 Å². The quantitative estimate of drug-likeness (QED) is 0.163. The van der Waals surface area contributed by atoms with E-state index in [9.17, 15) is 84.9 Å². The molecule has 6 aliphatic carbocycles. The van der Waals surface area contributed by atoms with Crippen LogP contribution >= 0.6 is 12.4 Å². The number of Topliss-reactive ketones (excluding diaryl/α,β-unsaturated/α-hetero) is 4. The molecule has 0 spiro atoms. The van der Waals surface area contributed by atoms with Gasteiger partial charge in [0.15, 0.2) is 22.8 Å². The third-order valence-electron chi connectivity index (χ3n) is 14.1. The first kappa shape index (κ1) is 49.3. The fourth-order valence-corrected chi connectivity index (χ4v) is 11.1. The summed E-state index contributed by atoms with van der Waals surface area (Å²) in [5.74, 6) is -17.6. The fraction of sp³-hybridized carbons (Fsp3) is 0.409. The number of nitrogens with zero attached hydrogens (tertiary/aromatic N) is 2. The van der Waals surface area contributed by atoms with Gasteiger partial charge in [-0.05, 0) is 71.7 Å². The molecule has 2 aromatic carbocycles. The highest BCUT2D eigenvalue weighted by Crippen LogP contribution is 2.58. The lowest BCUT2D eigenvalue weighted by Gasteiger charge is -2.55.